The lowest BCUT2D eigenvalue weighted by molar-refractivity contribution is -0.160. The molecule has 1 amide bonds. The van der Waals surface area contributed by atoms with Crippen LogP contribution in [-0.2, 0) is 14.3 Å². The summed E-state index contributed by atoms with van der Waals surface area (Å²) in [5, 5.41) is 0. The fourth-order valence-corrected chi connectivity index (χ4v) is 2.10. The van der Waals surface area contributed by atoms with Gasteiger partial charge in [0, 0.05) is 13.1 Å². The minimum absolute atomic E-state index is 0.102. The Morgan fingerprint density at radius 1 is 1.05 bits per heavy atom. The van der Waals surface area contributed by atoms with Gasteiger partial charge >= 0.3 is 5.97 Å². The van der Waals surface area contributed by atoms with E-state index >= 15 is 0 Å². The Bertz CT molecular complexity index is 288. The lowest BCUT2D eigenvalue weighted by Crippen LogP contribution is -2.46. The molecule has 0 aromatic heterocycles. The Labute approximate surface area is 117 Å². The van der Waals surface area contributed by atoms with Gasteiger partial charge in [-0.1, -0.05) is 34.6 Å². The summed E-state index contributed by atoms with van der Waals surface area (Å²) in [6, 6.07) is 0. The Balaban J connectivity index is 5.12. The smallest absolute Gasteiger partial charge is 0.319 e. The van der Waals surface area contributed by atoms with Crippen molar-refractivity contribution in [2.45, 2.75) is 54.4 Å². The number of rotatable bonds is 7. The predicted octanol–water partition coefficient (Wildman–Crippen LogP) is 2.86. The lowest BCUT2D eigenvalue weighted by atomic mass is 9.79. The number of carbonyl (C=O) groups excluding carboxylic acids is 2. The monoisotopic (exact) mass is 271 g/mol. The van der Waals surface area contributed by atoms with Gasteiger partial charge in [0.2, 0.25) is 5.91 Å². The molecule has 1 unspecified atom stereocenters. The first kappa shape index (κ1) is 17.9. The van der Waals surface area contributed by atoms with Gasteiger partial charge in [0.05, 0.1) is 6.61 Å². The molecule has 0 fully saturated rings. The molecular weight excluding hydrogens is 242 g/mol. The molecule has 0 N–H and O–H groups in total. The second-order valence-corrected chi connectivity index (χ2v) is 5.88. The van der Waals surface area contributed by atoms with Crippen LogP contribution in [0.5, 0.6) is 0 Å². The minimum atomic E-state index is -0.717. The number of hydrogen-bond acceptors (Lipinski definition) is 3. The molecule has 0 saturated carbocycles. The Kier molecular flexibility index (Phi) is 7.72. The molecule has 4 nitrogen and oxygen atoms in total. The molecule has 0 aromatic rings. The van der Waals surface area contributed by atoms with Crippen LogP contribution in [0.1, 0.15) is 54.4 Å². The number of carbonyl (C=O) groups is 2. The maximum atomic E-state index is 12.6. The summed E-state index contributed by atoms with van der Waals surface area (Å²) in [6.45, 7) is 13.2. The van der Waals surface area contributed by atoms with Crippen LogP contribution in [0.2, 0.25) is 0 Å². The molecule has 0 aliphatic rings. The molecule has 19 heavy (non-hydrogen) atoms. The normalized spacial score (nSPS) is 12.9. The van der Waals surface area contributed by atoms with Crippen molar-refractivity contribution in [3.63, 3.8) is 0 Å². The van der Waals surface area contributed by atoms with Crippen LogP contribution in [-0.4, -0.2) is 36.5 Å². The lowest BCUT2D eigenvalue weighted by Gasteiger charge is -2.32. The van der Waals surface area contributed by atoms with E-state index in [-0.39, 0.29) is 5.91 Å². The third-order valence-corrected chi connectivity index (χ3v) is 2.93. The standard InChI is InChI=1S/C15H29NO3/c1-7-10-16(11-8-2)13(17)12(15(4,5)6)14(18)19-9-3/h12H,7-11H2,1-6H3. The Morgan fingerprint density at radius 3 is 1.84 bits per heavy atom. The summed E-state index contributed by atoms with van der Waals surface area (Å²) >= 11 is 0. The first-order valence-electron chi connectivity index (χ1n) is 7.24. The fraction of sp³-hybridized carbons (Fsp3) is 0.867. The van der Waals surface area contributed by atoms with Gasteiger partial charge in [0.25, 0.3) is 0 Å². The van der Waals surface area contributed by atoms with Crippen LogP contribution in [0.4, 0.5) is 0 Å². The van der Waals surface area contributed by atoms with Gasteiger partial charge in [-0.25, -0.2) is 0 Å². The molecule has 0 aliphatic heterocycles. The number of ether oxygens (including phenoxy) is 1. The molecule has 0 aromatic carbocycles. The maximum Gasteiger partial charge on any atom is 0.319 e. The molecule has 0 spiro atoms. The largest absolute Gasteiger partial charge is 0.465 e. The van der Waals surface area contributed by atoms with Crippen molar-refractivity contribution in [2.24, 2.45) is 11.3 Å². The van der Waals surface area contributed by atoms with E-state index in [1.54, 1.807) is 11.8 Å². The fourth-order valence-electron chi connectivity index (χ4n) is 2.10. The van der Waals surface area contributed by atoms with Crippen molar-refractivity contribution >= 4 is 11.9 Å². The van der Waals surface area contributed by atoms with Gasteiger partial charge in [-0.05, 0) is 25.2 Å². The third-order valence-electron chi connectivity index (χ3n) is 2.93. The van der Waals surface area contributed by atoms with Crippen LogP contribution in [0.15, 0.2) is 0 Å². The molecule has 0 saturated heterocycles. The summed E-state index contributed by atoms with van der Waals surface area (Å²) in [6.07, 6.45) is 1.79. The highest BCUT2D eigenvalue weighted by molar-refractivity contribution is 5.98. The Hall–Kier alpha value is -1.06. The van der Waals surface area contributed by atoms with E-state index in [2.05, 4.69) is 0 Å². The molecule has 0 bridgehead atoms. The van der Waals surface area contributed by atoms with Gasteiger partial charge < -0.3 is 9.64 Å². The highest BCUT2D eigenvalue weighted by atomic mass is 16.5. The summed E-state index contributed by atoms with van der Waals surface area (Å²) in [7, 11) is 0. The summed E-state index contributed by atoms with van der Waals surface area (Å²) in [5.74, 6) is -1.22. The third kappa shape index (κ3) is 5.62. The van der Waals surface area contributed by atoms with Crippen molar-refractivity contribution in [3.8, 4) is 0 Å². The van der Waals surface area contributed by atoms with Gasteiger partial charge in [-0.3, -0.25) is 9.59 Å². The summed E-state index contributed by atoms with van der Waals surface area (Å²) < 4.78 is 5.07. The minimum Gasteiger partial charge on any atom is -0.465 e. The van der Waals surface area contributed by atoms with Crippen LogP contribution in [0, 0.1) is 11.3 Å². The van der Waals surface area contributed by atoms with E-state index in [9.17, 15) is 9.59 Å². The van der Waals surface area contributed by atoms with Crippen LogP contribution >= 0.6 is 0 Å². The highest BCUT2D eigenvalue weighted by Crippen LogP contribution is 2.29. The average molecular weight is 271 g/mol. The van der Waals surface area contributed by atoms with Crippen molar-refractivity contribution < 1.29 is 14.3 Å². The zero-order valence-electron chi connectivity index (χ0n) is 13.3. The van der Waals surface area contributed by atoms with Crippen molar-refractivity contribution in [1.29, 1.82) is 0 Å². The second kappa shape index (κ2) is 8.18. The molecule has 0 aliphatic carbocycles. The van der Waals surface area contributed by atoms with E-state index in [1.165, 1.54) is 0 Å². The van der Waals surface area contributed by atoms with Crippen molar-refractivity contribution in [3.05, 3.63) is 0 Å². The van der Waals surface area contributed by atoms with Crippen LogP contribution in [0.3, 0.4) is 0 Å². The average Bonchev–Trinajstić information content (AvgIpc) is 2.27. The topological polar surface area (TPSA) is 46.6 Å². The van der Waals surface area contributed by atoms with Crippen molar-refractivity contribution in [1.82, 2.24) is 4.90 Å². The van der Waals surface area contributed by atoms with E-state index in [4.69, 9.17) is 4.74 Å². The molecule has 0 rings (SSSR count). The number of nitrogens with zero attached hydrogens (tertiary/aromatic N) is 1. The number of amides is 1. The quantitative estimate of drug-likeness (QED) is 0.528. The van der Waals surface area contributed by atoms with Gasteiger partial charge in [0.1, 0.15) is 5.92 Å². The number of esters is 1. The SMILES string of the molecule is CCCN(CCC)C(=O)C(C(=O)OCC)C(C)(C)C. The zero-order valence-corrected chi connectivity index (χ0v) is 13.3. The van der Waals surface area contributed by atoms with Crippen LogP contribution in [0.25, 0.3) is 0 Å². The van der Waals surface area contributed by atoms with Crippen molar-refractivity contribution in [2.75, 3.05) is 19.7 Å². The molecule has 1 atom stereocenters. The predicted molar refractivity (Wildman–Crippen MR) is 76.7 cm³/mol. The van der Waals surface area contributed by atoms with E-state index in [1.807, 2.05) is 34.6 Å². The molecule has 112 valence electrons. The van der Waals surface area contributed by atoms with E-state index in [0.29, 0.717) is 19.7 Å². The van der Waals surface area contributed by atoms with E-state index in [0.717, 1.165) is 12.8 Å². The Morgan fingerprint density at radius 2 is 1.53 bits per heavy atom. The van der Waals surface area contributed by atoms with E-state index < -0.39 is 17.3 Å². The van der Waals surface area contributed by atoms with Gasteiger partial charge in [-0.15, -0.1) is 0 Å². The van der Waals surface area contributed by atoms with Gasteiger partial charge in [-0.2, -0.15) is 0 Å². The highest BCUT2D eigenvalue weighted by Gasteiger charge is 2.40. The van der Waals surface area contributed by atoms with Crippen LogP contribution < -0.4 is 0 Å². The molecule has 0 radical (unpaired) electrons. The van der Waals surface area contributed by atoms with Gasteiger partial charge in [0.15, 0.2) is 0 Å². The summed E-state index contributed by atoms with van der Waals surface area (Å²) in [4.78, 5) is 26.5. The molecule has 4 heteroatoms. The molecular formula is C15H29NO3. The first-order valence-corrected chi connectivity index (χ1v) is 7.24. The first-order chi connectivity index (χ1) is 8.79. The molecule has 0 heterocycles. The summed E-state index contributed by atoms with van der Waals surface area (Å²) in [5.41, 5.74) is -0.428. The number of hydrogen-bond donors (Lipinski definition) is 0. The maximum absolute atomic E-state index is 12.6. The zero-order chi connectivity index (χ0) is 15.1. The second-order valence-electron chi connectivity index (χ2n) is 5.88.